The number of ketones is 1. The molecule has 1 fully saturated rings. The number of ether oxygens (including phenoxy) is 1. The van der Waals surface area contributed by atoms with Crippen LogP contribution in [0.15, 0.2) is 18.2 Å². The molecule has 21 heavy (non-hydrogen) atoms. The molecule has 1 radical (unpaired) electrons. The van der Waals surface area contributed by atoms with Crippen LogP contribution in [0.2, 0.25) is 0 Å². The number of tetrazole rings is 1. The average Bonchev–Trinajstić information content (AvgIpc) is 3.02. The van der Waals surface area contributed by atoms with Gasteiger partial charge in [0.1, 0.15) is 11.4 Å². The van der Waals surface area contributed by atoms with Crippen molar-refractivity contribution < 1.29 is 9.53 Å². The lowest BCUT2D eigenvalue weighted by Crippen LogP contribution is -2.50. The highest BCUT2D eigenvalue weighted by Gasteiger charge is 2.41. The molecule has 1 aromatic carbocycles. The number of fused-ring (bicyclic) bond motifs is 1. The summed E-state index contributed by atoms with van der Waals surface area (Å²) in [7, 11) is 0. The summed E-state index contributed by atoms with van der Waals surface area (Å²) in [5, 5.41) is 16.9. The maximum absolute atomic E-state index is 12.5. The van der Waals surface area contributed by atoms with E-state index in [1.54, 1.807) is 12.5 Å². The molecule has 4 rings (SSSR count). The van der Waals surface area contributed by atoms with E-state index in [-0.39, 0.29) is 5.78 Å². The van der Waals surface area contributed by atoms with Crippen molar-refractivity contribution in [1.82, 2.24) is 25.9 Å². The van der Waals surface area contributed by atoms with Crippen LogP contribution in [0.1, 0.15) is 23.2 Å². The van der Waals surface area contributed by atoms with Crippen molar-refractivity contribution >= 4 is 5.78 Å². The number of Topliss-reactive ketones (excluding diaryl/α,β-unsaturated/α-hetero) is 1. The number of nitrogens with zero attached hydrogens (tertiary/aromatic N) is 3. The lowest BCUT2D eigenvalue weighted by molar-refractivity contribution is 0.0505. The average molecular weight is 284 g/mol. The van der Waals surface area contributed by atoms with E-state index in [0.717, 1.165) is 31.5 Å². The Bertz CT molecular complexity index is 677. The van der Waals surface area contributed by atoms with Crippen LogP contribution in [0.3, 0.4) is 0 Å². The molecule has 2 aliphatic heterocycles. The summed E-state index contributed by atoms with van der Waals surface area (Å²) in [6.07, 6.45) is 3.34. The first-order chi connectivity index (χ1) is 10.3. The number of H-pyrrole nitrogens is 1. The third kappa shape index (κ3) is 2.09. The third-order valence-corrected chi connectivity index (χ3v) is 4.02. The Hall–Kier alpha value is -2.28. The zero-order valence-electron chi connectivity index (χ0n) is 11.3. The van der Waals surface area contributed by atoms with Crippen LogP contribution in [0.5, 0.6) is 5.75 Å². The van der Waals surface area contributed by atoms with Crippen LogP contribution in [0.25, 0.3) is 11.4 Å². The monoisotopic (exact) mass is 284 g/mol. The molecule has 2 N–H and O–H groups in total. The minimum absolute atomic E-state index is 0.00692. The summed E-state index contributed by atoms with van der Waals surface area (Å²) in [5.41, 5.74) is 0.878. The van der Waals surface area contributed by atoms with Gasteiger partial charge in [-0.25, -0.2) is 5.10 Å². The smallest absolute Gasteiger partial charge is 0.179 e. The van der Waals surface area contributed by atoms with Crippen LogP contribution < -0.4 is 10.1 Å². The highest BCUT2D eigenvalue weighted by atomic mass is 16.5. The standard InChI is InChI=1S/C14H14N5O2/c20-11-8-14(3-5-15-6-4-14)21-12-2-1-9(7-10(11)12)13-16-18-19-17-13/h1-2,7-8,15H,3-6H2,(H,16,17,18,19). The van der Waals surface area contributed by atoms with Gasteiger partial charge >= 0.3 is 0 Å². The van der Waals surface area contributed by atoms with E-state index in [9.17, 15) is 4.79 Å². The number of aromatic nitrogens is 4. The first-order valence-corrected chi connectivity index (χ1v) is 6.94. The second kappa shape index (κ2) is 4.63. The van der Waals surface area contributed by atoms with E-state index >= 15 is 0 Å². The Balaban J connectivity index is 1.71. The van der Waals surface area contributed by atoms with Crippen molar-refractivity contribution in [2.24, 2.45) is 0 Å². The number of rotatable bonds is 1. The van der Waals surface area contributed by atoms with E-state index in [1.807, 2.05) is 12.1 Å². The first-order valence-electron chi connectivity index (χ1n) is 6.94. The summed E-state index contributed by atoms with van der Waals surface area (Å²) in [4.78, 5) is 12.5. The summed E-state index contributed by atoms with van der Waals surface area (Å²) < 4.78 is 6.12. The Morgan fingerprint density at radius 3 is 2.86 bits per heavy atom. The number of carbonyl (C=O) groups is 1. The predicted octanol–water partition coefficient (Wildman–Crippen LogP) is 0.768. The molecule has 7 nitrogen and oxygen atoms in total. The fraction of sp³-hybridized carbons (Fsp3) is 0.357. The van der Waals surface area contributed by atoms with Gasteiger partial charge in [-0.1, -0.05) is 0 Å². The van der Waals surface area contributed by atoms with Gasteiger partial charge in [0, 0.05) is 18.4 Å². The van der Waals surface area contributed by atoms with Crippen molar-refractivity contribution in [3.63, 3.8) is 0 Å². The maximum atomic E-state index is 12.5. The van der Waals surface area contributed by atoms with E-state index in [2.05, 4.69) is 25.9 Å². The first kappa shape index (κ1) is 12.5. The van der Waals surface area contributed by atoms with Crippen LogP contribution in [0, 0.1) is 6.42 Å². The molecule has 0 bridgehead atoms. The van der Waals surface area contributed by atoms with E-state index in [1.165, 1.54) is 0 Å². The van der Waals surface area contributed by atoms with Gasteiger partial charge in [0.15, 0.2) is 11.6 Å². The molecule has 1 spiro atoms. The molecule has 2 aliphatic rings. The summed E-state index contributed by atoms with van der Waals surface area (Å²) in [6, 6.07) is 5.45. The third-order valence-electron chi connectivity index (χ3n) is 4.02. The van der Waals surface area contributed by atoms with Crippen molar-refractivity contribution in [3.05, 3.63) is 30.2 Å². The van der Waals surface area contributed by atoms with Gasteiger partial charge in [0.25, 0.3) is 0 Å². The van der Waals surface area contributed by atoms with Gasteiger partial charge in [-0.2, -0.15) is 0 Å². The second-order valence-corrected chi connectivity index (χ2v) is 5.39. The zero-order chi connectivity index (χ0) is 14.3. The van der Waals surface area contributed by atoms with E-state index < -0.39 is 5.60 Å². The van der Waals surface area contributed by atoms with Crippen molar-refractivity contribution in [1.29, 1.82) is 0 Å². The molecule has 3 heterocycles. The molecule has 107 valence electrons. The van der Waals surface area contributed by atoms with Gasteiger partial charge in [0.05, 0.1) is 12.0 Å². The summed E-state index contributed by atoms with van der Waals surface area (Å²) in [5.74, 6) is 1.18. The molecular weight excluding hydrogens is 270 g/mol. The second-order valence-electron chi connectivity index (χ2n) is 5.39. The van der Waals surface area contributed by atoms with Crippen LogP contribution >= 0.6 is 0 Å². The number of piperidine rings is 1. The minimum Gasteiger partial charge on any atom is -0.486 e. The van der Waals surface area contributed by atoms with Gasteiger partial charge in [-0.15, -0.1) is 5.10 Å². The van der Waals surface area contributed by atoms with Gasteiger partial charge in [-0.05, 0) is 41.7 Å². The lowest BCUT2D eigenvalue weighted by Gasteiger charge is -2.40. The Morgan fingerprint density at radius 1 is 1.24 bits per heavy atom. The number of benzene rings is 1. The molecule has 7 heteroatoms. The maximum Gasteiger partial charge on any atom is 0.179 e. The van der Waals surface area contributed by atoms with Gasteiger partial charge in [0.2, 0.25) is 0 Å². The van der Waals surface area contributed by atoms with Gasteiger partial charge < -0.3 is 10.1 Å². The lowest BCUT2D eigenvalue weighted by atomic mass is 9.83. The van der Waals surface area contributed by atoms with E-state index in [0.29, 0.717) is 17.1 Å². The largest absolute Gasteiger partial charge is 0.486 e. The van der Waals surface area contributed by atoms with Crippen molar-refractivity contribution in [2.45, 2.75) is 18.4 Å². The summed E-state index contributed by atoms with van der Waals surface area (Å²) >= 11 is 0. The van der Waals surface area contributed by atoms with E-state index in [4.69, 9.17) is 4.74 Å². The SMILES string of the molecule is O=C1[CH]C2(CCNCC2)Oc2ccc(-c3nnn[nH]3)cc21. The normalized spacial score (nSPS) is 20.1. The Morgan fingerprint density at radius 2 is 2.10 bits per heavy atom. The summed E-state index contributed by atoms with van der Waals surface area (Å²) in [6.45, 7) is 1.72. The van der Waals surface area contributed by atoms with Crippen molar-refractivity contribution in [3.8, 4) is 17.1 Å². The molecule has 0 aliphatic carbocycles. The Kier molecular flexibility index (Phi) is 2.75. The highest BCUT2D eigenvalue weighted by Crippen LogP contribution is 2.38. The number of carbonyl (C=O) groups excluding carboxylic acids is 1. The zero-order valence-corrected chi connectivity index (χ0v) is 11.3. The molecular formula is C14H14N5O2. The fourth-order valence-corrected chi connectivity index (χ4v) is 2.90. The highest BCUT2D eigenvalue weighted by molar-refractivity contribution is 6.07. The molecule has 0 saturated carbocycles. The van der Waals surface area contributed by atoms with Crippen LogP contribution in [-0.4, -0.2) is 45.1 Å². The quantitative estimate of drug-likeness (QED) is 0.803. The van der Waals surface area contributed by atoms with Crippen LogP contribution in [0.4, 0.5) is 0 Å². The number of aromatic amines is 1. The number of hydrogen-bond donors (Lipinski definition) is 2. The fourth-order valence-electron chi connectivity index (χ4n) is 2.90. The van der Waals surface area contributed by atoms with Crippen molar-refractivity contribution in [2.75, 3.05) is 13.1 Å². The predicted molar refractivity (Wildman–Crippen MR) is 73.7 cm³/mol. The molecule has 1 aromatic heterocycles. The van der Waals surface area contributed by atoms with Gasteiger partial charge in [-0.3, -0.25) is 4.79 Å². The molecule has 0 amide bonds. The molecule has 0 unspecified atom stereocenters. The number of hydrogen-bond acceptors (Lipinski definition) is 6. The number of nitrogens with one attached hydrogen (secondary N) is 2. The molecule has 2 aromatic rings. The minimum atomic E-state index is -0.454. The molecule has 0 atom stereocenters. The topological polar surface area (TPSA) is 92.8 Å². The Labute approximate surface area is 121 Å². The molecule has 1 saturated heterocycles. The van der Waals surface area contributed by atoms with Crippen LogP contribution in [-0.2, 0) is 0 Å².